The average Bonchev–Trinajstić information content (AvgIpc) is 2.73. The standard InChI is InChI=1S/C10H15N3O3/c1-12(6-3-5-11)10(16)13-7-2-4-8(13)9(14)15/h8H,2-4,6-7H2,1H3,(H,14,15)/t8-/m0/s1. The molecule has 1 N–H and O–H groups in total. The number of amides is 2. The molecule has 0 aromatic carbocycles. The summed E-state index contributed by atoms with van der Waals surface area (Å²) >= 11 is 0. The molecule has 0 radical (unpaired) electrons. The Labute approximate surface area is 94.0 Å². The predicted molar refractivity (Wildman–Crippen MR) is 55.6 cm³/mol. The highest BCUT2D eigenvalue weighted by molar-refractivity contribution is 5.83. The quantitative estimate of drug-likeness (QED) is 0.758. The van der Waals surface area contributed by atoms with Crippen LogP contribution in [0.15, 0.2) is 0 Å². The van der Waals surface area contributed by atoms with E-state index >= 15 is 0 Å². The topological polar surface area (TPSA) is 84.6 Å². The fourth-order valence-electron chi connectivity index (χ4n) is 1.79. The molecular weight excluding hydrogens is 210 g/mol. The minimum Gasteiger partial charge on any atom is -0.480 e. The van der Waals surface area contributed by atoms with Gasteiger partial charge in [0.25, 0.3) is 0 Å². The second-order valence-electron chi connectivity index (χ2n) is 3.80. The van der Waals surface area contributed by atoms with Crippen molar-refractivity contribution in [2.24, 2.45) is 0 Å². The highest BCUT2D eigenvalue weighted by atomic mass is 16.4. The fraction of sp³-hybridized carbons (Fsp3) is 0.700. The summed E-state index contributed by atoms with van der Waals surface area (Å²) in [4.78, 5) is 25.5. The monoisotopic (exact) mass is 225 g/mol. The Morgan fingerprint density at radius 1 is 1.62 bits per heavy atom. The molecule has 1 saturated heterocycles. The van der Waals surface area contributed by atoms with Crippen LogP contribution in [0.3, 0.4) is 0 Å². The van der Waals surface area contributed by atoms with Crippen LogP contribution in [0, 0.1) is 11.3 Å². The molecule has 16 heavy (non-hydrogen) atoms. The van der Waals surface area contributed by atoms with Gasteiger partial charge in [-0.25, -0.2) is 9.59 Å². The van der Waals surface area contributed by atoms with Crippen molar-refractivity contribution in [2.75, 3.05) is 20.1 Å². The van der Waals surface area contributed by atoms with Crippen LogP contribution in [0.5, 0.6) is 0 Å². The van der Waals surface area contributed by atoms with E-state index in [1.807, 2.05) is 6.07 Å². The molecule has 1 fully saturated rings. The molecule has 1 rings (SSSR count). The summed E-state index contributed by atoms with van der Waals surface area (Å²) in [6.45, 7) is 0.810. The molecule has 1 aliphatic heterocycles. The van der Waals surface area contributed by atoms with Gasteiger partial charge in [-0.3, -0.25) is 0 Å². The molecule has 0 aromatic heterocycles. The lowest BCUT2D eigenvalue weighted by molar-refractivity contribution is -0.141. The molecule has 6 heteroatoms. The maximum absolute atomic E-state index is 11.8. The van der Waals surface area contributed by atoms with E-state index in [1.165, 1.54) is 9.80 Å². The summed E-state index contributed by atoms with van der Waals surface area (Å²) < 4.78 is 0. The van der Waals surface area contributed by atoms with Crippen LogP contribution in [0.2, 0.25) is 0 Å². The lowest BCUT2D eigenvalue weighted by atomic mass is 10.2. The van der Waals surface area contributed by atoms with Crippen LogP contribution in [-0.4, -0.2) is 53.1 Å². The molecule has 2 amide bonds. The number of rotatable bonds is 3. The molecular formula is C10H15N3O3. The van der Waals surface area contributed by atoms with E-state index in [1.54, 1.807) is 7.05 Å². The Kier molecular flexibility index (Phi) is 4.11. The first-order valence-corrected chi connectivity index (χ1v) is 5.19. The predicted octanol–water partition coefficient (Wildman–Crippen LogP) is 0.501. The highest BCUT2D eigenvalue weighted by Gasteiger charge is 2.35. The molecule has 0 bridgehead atoms. The van der Waals surface area contributed by atoms with E-state index in [-0.39, 0.29) is 12.5 Å². The van der Waals surface area contributed by atoms with E-state index in [9.17, 15) is 9.59 Å². The van der Waals surface area contributed by atoms with Crippen molar-refractivity contribution in [3.05, 3.63) is 0 Å². The number of aliphatic carboxylic acids is 1. The zero-order valence-corrected chi connectivity index (χ0v) is 9.22. The van der Waals surface area contributed by atoms with Crippen LogP contribution >= 0.6 is 0 Å². The third-order valence-electron chi connectivity index (χ3n) is 2.67. The van der Waals surface area contributed by atoms with Gasteiger partial charge in [-0.2, -0.15) is 5.26 Å². The van der Waals surface area contributed by atoms with Gasteiger partial charge in [0.15, 0.2) is 0 Å². The Balaban J connectivity index is 2.59. The number of nitriles is 1. The first kappa shape index (κ1) is 12.3. The van der Waals surface area contributed by atoms with Gasteiger partial charge in [0.05, 0.1) is 12.5 Å². The van der Waals surface area contributed by atoms with Crippen molar-refractivity contribution < 1.29 is 14.7 Å². The van der Waals surface area contributed by atoms with Gasteiger partial charge in [-0.15, -0.1) is 0 Å². The molecule has 0 aliphatic carbocycles. The number of carbonyl (C=O) groups excluding carboxylic acids is 1. The molecule has 0 unspecified atom stereocenters. The van der Waals surface area contributed by atoms with E-state index < -0.39 is 12.0 Å². The molecule has 88 valence electrons. The van der Waals surface area contributed by atoms with Crippen LogP contribution in [-0.2, 0) is 4.79 Å². The minimum atomic E-state index is -0.959. The first-order chi connectivity index (χ1) is 7.57. The summed E-state index contributed by atoms with van der Waals surface area (Å²) in [6.07, 6.45) is 1.48. The minimum absolute atomic E-state index is 0.258. The maximum atomic E-state index is 11.8. The highest BCUT2D eigenvalue weighted by Crippen LogP contribution is 2.18. The van der Waals surface area contributed by atoms with Gasteiger partial charge in [0, 0.05) is 20.1 Å². The Bertz CT molecular complexity index is 324. The molecule has 1 heterocycles. The van der Waals surface area contributed by atoms with Gasteiger partial charge >= 0.3 is 12.0 Å². The maximum Gasteiger partial charge on any atom is 0.326 e. The molecule has 1 aliphatic rings. The Morgan fingerprint density at radius 2 is 2.31 bits per heavy atom. The Morgan fingerprint density at radius 3 is 2.88 bits per heavy atom. The van der Waals surface area contributed by atoms with Crippen molar-refractivity contribution in [3.8, 4) is 6.07 Å². The number of carbonyl (C=O) groups is 2. The van der Waals surface area contributed by atoms with Crippen molar-refractivity contribution in [2.45, 2.75) is 25.3 Å². The van der Waals surface area contributed by atoms with E-state index in [2.05, 4.69) is 0 Å². The number of nitrogens with zero attached hydrogens (tertiary/aromatic N) is 3. The van der Waals surface area contributed by atoms with Gasteiger partial charge in [-0.05, 0) is 12.8 Å². The number of carboxylic acid groups (broad SMARTS) is 1. The van der Waals surface area contributed by atoms with Crippen molar-refractivity contribution in [1.82, 2.24) is 9.80 Å². The van der Waals surface area contributed by atoms with Crippen LogP contribution < -0.4 is 0 Å². The zero-order chi connectivity index (χ0) is 12.1. The normalized spacial score (nSPS) is 19.2. The van der Waals surface area contributed by atoms with Gasteiger partial charge in [0.2, 0.25) is 0 Å². The number of urea groups is 1. The van der Waals surface area contributed by atoms with Gasteiger partial charge < -0.3 is 14.9 Å². The van der Waals surface area contributed by atoms with Crippen molar-refractivity contribution >= 4 is 12.0 Å². The number of carboxylic acids is 1. The van der Waals surface area contributed by atoms with Crippen LogP contribution in [0.1, 0.15) is 19.3 Å². The summed E-state index contributed by atoms with van der Waals surface area (Å²) in [7, 11) is 1.58. The summed E-state index contributed by atoms with van der Waals surface area (Å²) in [5.74, 6) is -0.959. The Hall–Kier alpha value is -1.77. The van der Waals surface area contributed by atoms with Crippen LogP contribution in [0.25, 0.3) is 0 Å². The lowest BCUT2D eigenvalue weighted by Crippen LogP contribution is -2.46. The summed E-state index contributed by atoms with van der Waals surface area (Å²) in [5.41, 5.74) is 0. The number of hydrogen-bond acceptors (Lipinski definition) is 3. The summed E-state index contributed by atoms with van der Waals surface area (Å²) in [5, 5.41) is 17.3. The lowest BCUT2D eigenvalue weighted by Gasteiger charge is -2.27. The molecule has 6 nitrogen and oxygen atoms in total. The second-order valence-corrected chi connectivity index (χ2v) is 3.80. The third kappa shape index (κ3) is 2.63. The average molecular weight is 225 g/mol. The smallest absolute Gasteiger partial charge is 0.326 e. The fourth-order valence-corrected chi connectivity index (χ4v) is 1.79. The molecule has 0 spiro atoms. The van der Waals surface area contributed by atoms with E-state index in [0.717, 1.165) is 6.42 Å². The number of likely N-dealkylation sites (tertiary alicyclic amines) is 1. The SMILES string of the molecule is CN(CCC#N)C(=O)N1CCC[C@H]1C(=O)O. The largest absolute Gasteiger partial charge is 0.480 e. The van der Waals surface area contributed by atoms with E-state index in [0.29, 0.717) is 19.5 Å². The van der Waals surface area contributed by atoms with Gasteiger partial charge in [-0.1, -0.05) is 0 Å². The van der Waals surface area contributed by atoms with E-state index in [4.69, 9.17) is 10.4 Å². The zero-order valence-electron chi connectivity index (χ0n) is 9.22. The summed E-state index contributed by atoms with van der Waals surface area (Å²) in [6, 6.07) is 0.933. The van der Waals surface area contributed by atoms with Crippen LogP contribution in [0.4, 0.5) is 4.79 Å². The molecule has 0 saturated carbocycles. The van der Waals surface area contributed by atoms with Crippen molar-refractivity contribution in [3.63, 3.8) is 0 Å². The van der Waals surface area contributed by atoms with Crippen molar-refractivity contribution in [1.29, 1.82) is 5.26 Å². The number of hydrogen-bond donors (Lipinski definition) is 1. The first-order valence-electron chi connectivity index (χ1n) is 5.19. The third-order valence-corrected chi connectivity index (χ3v) is 2.67. The molecule has 0 aromatic rings. The molecule has 1 atom stereocenters. The second kappa shape index (κ2) is 5.35. The van der Waals surface area contributed by atoms with Gasteiger partial charge in [0.1, 0.15) is 6.04 Å².